The van der Waals surface area contributed by atoms with Crippen LogP contribution in [0.2, 0.25) is 0 Å². The summed E-state index contributed by atoms with van der Waals surface area (Å²) in [6.45, 7) is 0.553. The first-order chi connectivity index (χ1) is 7.67. The largest absolute Gasteiger partial charge is 0.374 e. The van der Waals surface area contributed by atoms with E-state index in [2.05, 4.69) is 11.5 Å². The van der Waals surface area contributed by atoms with E-state index in [9.17, 15) is 4.79 Å². The molecule has 3 N–H and O–H groups in total. The zero-order valence-electron chi connectivity index (χ0n) is 9.10. The van der Waals surface area contributed by atoms with Gasteiger partial charge in [0.1, 0.15) is 0 Å². The third-order valence-corrected chi connectivity index (χ3v) is 2.25. The summed E-state index contributed by atoms with van der Waals surface area (Å²) < 4.78 is 0. The molecule has 0 unspecified atom stereocenters. The van der Waals surface area contributed by atoms with Crippen LogP contribution < -0.4 is 16.2 Å². The lowest BCUT2D eigenvalue weighted by atomic mass is 10.2. The van der Waals surface area contributed by atoms with Crippen molar-refractivity contribution in [1.82, 2.24) is 5.43 Å². The number of nitrogens with zero attached hydrogens (tertiary/aromatic N) is 2. The summed E-state index contributed by atoms with van der Waals surface area (Å²) in [6, 6.07) is 9.29. The zero-order chi connectivity index (χ0) is 12.0. The molecule has 0 saturated heterocycles. The Morgan fingerprint density at radius 2 is 2.38 bits per heavy atom. The number of amides is 1. The van der Waals surface area contributed by atoms with Crippen LogP contribution in [0, 0.1) is 11.3 Å². The molecular formula is C11H14N4O. The van der Waals surface area contributed by atoms with Crippen LogP contribution in [0.3, 0.4) is 0 Å². The van der Waals surface area contributed by atoms with Gasteiger partial charge in [0.05, 0.1) is 11.6 Å². The summed E-state index contributed by atoms with van der Waals surface area (Å²) in [4.78, 5) is 12.9. The van der Waals surface area contributed by atoms with E-state index in [0.717, 1.165) is 5.69 Å². The SMILES string of the molecule is CN(CCC(=O)NN)c1cccc(C#N)c1. The fourth-order valence-corrected chi connectivity index (χ4v) is 1.28. The van der Waals surface area contributed by atoms with Gasteiger partial charge < -0.3 is 4.90 Å². The first-order valence-electron chi connectivity index (χ1n) is 4.88. The number of hydrogen-bond acceptors (Lipinski definition) is 4. The molecule has 0 radical (unpaired) electrons. The van der Waals surface area contributed by atoms with Crippen molar-refractivity contribution in [3.63, 3.8) is 0 Å². The average molecular weight is 218 g/mol. The molecule has 0 fully saturated rings. The lowest BCUT2D eigenvalue weighted by molar-refractivity contribution is -0.120. The first kappa shape index (κ1) is 12.0. The minimum Gasteiger partial charge on any atom is -0.374 e. The van der Waals surface area contributed by atoms with Gasteiger partial charge >= 0.3 is 0 Å². The van der Waals surface area contributed by atoms with E-state index in [1.165, 1.54) is 0 Å². The Balaban J connectivity index is 2.62. The van der Waals surface area contributed by atoms with Gasteiger partial charge in [-0.15, -0.1) is 0 Å². The number of nitrogens with two attached hydrogens (primary N) is 1. The quantitative estimate of drug-likeness (QED) is 0.434. The Kier molecular flexibility index (Phi) is 4.30. The van der Waals surface area contributed by atoms with Crippen molar-refractivity contribution >= 4 is 11.6 Å². The molecule has 0 aliphatic carbocycles. The number of carbonyl (C=O) groups excluding carboxylic acids is 1. The predicted octanol–water partition coefficient (Wildman–Crippen LogP) is 0.374. The van der Waals surface area contributed by atoms with Crippen molar-refractivity contribution in [1.29, 1.82) is 5.26 Å². The second-order valence-electron chi connectivity index (χ2n) is 3.40. The number of benzene rings is 1. The molecule has 1 aromatic rings. The van der Waals surface area contributed by atoms with Gasteiger partial charge in [-0.1, -0.05) is 6.07 Å². The molecule has 5 nitrogen and oxygen atoms in total. The highest BCUT2D eigenvalue weighted by Gasteiger charge is 2.04. The fourth-order valence-electron chi connectivity index (χ4n) is 1.28. The standard InChI is InChI=1S/C11H14N4O/c1-15(6-5-11(16)14-13)10-4-2-3-9(7-10)8-12/h2-4,7H,5-6,13H2,1H3,(H,14,16). The van der Waals surface area contributed by atoms with Gasteiger partial charge in [0.15, 0.2) is 0 Å². The molecule has 0 bridgehead atoms. The minimum absolute atomic E-state index is 0.205. The number of hydrogen-bond donors (Lipinski definition) is 2. The molecular weight excluding hydrogens is 204 g/mol. The summed E-state index contributed by atoms with van der Waals surface area (Å²) in [5.74, 6) is 4.78. The maximum Gasteiger partial charge on any atom is 0.235 e. The van der Waals surface area contributed by atoms with Gasteiger partial charge in [0.25, 0.3) is 0 Å². The van der Waals surface area contributed by atoms with Gasteiger partial charge in [-0.2, -0.15) is 5.26 Å². The molecule has 0 aliphatic heterocycles. The smallest absolute Gasteiger partial charge is 0.235 e. The van der Waals surface area contributed by atoms with E-state index < -0.39 is 0 Å². The normalized spacial score (nSPS) is 9.31. The van der Waals surface area contributed by atoms with Crippen LogP contribution in [0.1, 0.15) is 12.0 Å². The van der Waals surface area contributed by atoms with Crippen molar-refractivity contribution in [2.75, 3.05) is 18.5 Å². The third kappa shape index (κ3) is 3.26. The predicted molar refractivity (Wildman–Crippen MR) is 61.4 cm³/mol. The zero-order valence-corrected chi connectivity index (χ0v) is 9.10. The van der Waals surface area contributed by atoms with E-state index in [1.807, 2.05) is 24.1 Å². The van der Waals surface area contributed by atoms with Gasteiger partial charge in [0, 0.05) is 25.7 Å². The number of nitriles is 1. The highest BCUT2D eigenvalue weighted by molar-refractivity contribution is 5.75. The fraction of sp³-hybridized carbons (Fsp3) is 0.273. The van der Waals surface area contributed by atoms with Crippen LogP contribution in [0.4, 0.5) is 5.69 Å². The van der Waals surface area contributed by atoms with Crippen LogP contribution in [0.5, 0.6) is 0 Å². The lowest BCUT2D eigenvalue weighted by Crippen LogP contribution is -2.33. The van der Waals surface area contributed by atoms with Crippen molar-refractivity contribution < 1.29 is 4.79 Å². The maximum atomic E-state index is 11.0. The van der Waals surface area contributed by atoms with Crippen LogP contribution >= 0.6 is 0 Å². The Morgan fingerprint density at radius 1 is 1.62 bits per heavy atom. The van der Waals surface area contributed by atoms with Crippen LogP contribution in [-0.2, 0) is 4.79 Å². The molecule has 16 heavy (non-hydrogen) atoms. The van der Waals surface area contributed by atoms with Crippen LogP contribution in [0.25, 0.3) is 0 Å². The molecule has 1 aromatic carbocycles. The van der Waals surface area contributed by atoms with E-state index in [0.29, 0.717) is 18.5 Å². The van der Waals surface area contributed by atoms with E-state index in [-0.39, 0.29) is 5.91 Å². The Hall–Kier alpha value is -2.06. The molecule has 5 heteroatoms. The summed E-state index contributed by atoms with van der Waals surface area (Å²) in [5, 5.41) is 8.75. The molecule has 84 valence electrons. The Bertz CT molecular complexity index is 411. The molecule has 0 heterocycles. The van der Waals surface area contributed by atoms with Crippen molar-refractivity contribution in [2.45, 2.75) is 6.42 Å². The Labute approximate surface area is 94.4 Å². The first-order valence-corrected chi connectivity index (χ1v) is 4.88. The van der Waals surface area contributed by atoms with Crippen LogP contribution in [0.15, 0.2) is 24.3 Å². The maximum absolute atomic E-state index is 11.0. The number of rotatable bonds is 4. The number of nitrogens with one attached hydrogen (secondary N) is 1. The van der Waals surface area contributed by atoms with Crippen molar-refractivity contribution in [3.05, 3.63) is 29.8 Å². The van der Waals surface area contributed by atoms with E-state index in [4.69, 9.17) is 11.1 Å². The number of hydrazine groups is 1. The number of carbonyl (C=O) groups is 1. The molecule has 0 saturated carbocycles. The Morgan fingerprint density at radius 3 is 3.00 bits per heavy atom. The lowest BCUT2D eigenvalue weighted by Gasteiger charge is -2.18. The second-order valence-corrected chi connectivity index (χ2v) is 3.40. The third-order valence-electron chi connectivity index (χ3n) is 2.25. The van der Waals surface area contributed by atoms with Crippen molar-refractivity contribution in [2.24, 2.45) is 5.84 Å². The van der Waals surface area contributed by atoms with Gasteiger partial charge in [-0.3, -0.25) is 10.2 Å². The molecule has 1 amide bonds. The molecule has 0 spiro atoms. The van der Waals surface area contributed by atoms with Gasteiger partial charge in [0.2, 0.25) is 5.91 Å². The topological polar surface area (TPSA) is 82.2 Å². The van der Waals surface area contributed by atoms with Gasteiger partial charge in [-0.25, -0.2) is 5.84 Å². The van der Waals surface area contributed by atoms with Crippen LogP contribution in [-0.4, -0.2) is 19.5 Å². The molecule has 1 rings (SSSR count). The van der Waals surface area contributed by atoms with E-state index >= 15 is 0 Å². The summed E-state index contributed by atoms with van der Waals surface area (Å²) in [5.41, 5.74) is 3.59. The molecule has 0 aliphatic rings. The minimum atomic E-state index is -0.205. The summed E-state index contributed by atoms with van der Waals surface area (Å²) in [7, 11) is 1.86. The summed E-state index contributed by atoms with van der Waals surface area (Å²) in [6.07, 6.45) is 0.323. The monoisotopic (exact) mass is 218 g/mol. The highest BCUT2D eigenvalue weighted by Crippen LogP contribution is 2.14. The summed E-state index contributed by atoms with van der Waals surface area (Å²) >= 11 is 0. The van der Waals surface area contributed by atoms with E-state index in [1.54, 1.807) is 12.1 Å². The highest BCUT2D eigenvalue weighted by atomic mass is 16.2. The molecule has 0 atom stereocenters. The average Bonchev–Trinajstić information content (AvgIpc) is 2.35. The van der Waals surface area contributed by atoms with Crippen molar-refractivity contribution in [3.8, 4) is 6.07 Å². The second kappa shape index (κ2) is 5.73. The molecule has 0 aromatic heterocycles. The van der Waals surface area contributed by atoms with Gasteiger partial charge in [-0.05, 0) is 18.2 Å². The number of anilines is 1.